The van der Waals surface area contributed by atoms with Crippen LogP contribution in [-0.2, 0) is 33.9 Å². The number of carbonyl (C=O) groups is 4. The van der Waals surface area contributed by atoms with Crippen molar-refractivity contribution in [2.45, 2.75) is 59.3 Å². The molecule has 0 saturated heterocycles. The van der Waals surface area contributed by atoms with Gasteiger partial charge in [0.15, 0.2) is 0 Å². The largest absolute Gasteiger partial charge is 0.445 e. The number of alkyl carbamates (subject to hydrolysis) is 2. The Balaban J connectivity index is 1.45. The van der Waals surface area contributed by atoms with Gasteiger partial charge in [0.1, 0.15) is 24.9 Å². The average Bonchev–Trinajstić information content (AvgIpc) is 3.49. The number of amides is 4. The number of hydrogen-bond donors (Lipinski definition) is 3. The second kappa shape index (κ2) is 17.0. The molecule has 1 heterocycles. The van der Waals surface area contributed by atoms with Crippen molar-refractivity contribution in [1.29, 1.82) is 0 Å². The molecule has 2 atom stereocenters. The lowest BCUT2D eigenvalue weighted by atomic mass is 10.0. The summed E-state index contributed by atoms with van der Waals surface area (Å²) < 4.78 is 10.5. The Morgan fingerprint density at radius 1 is 0.907 bits per heavy atom. The molecule has 11 nitrogen and oxygen atoms in total. The van der Waals surface area contributed by atoms with E-state index in [1.165, 1.54) is 11.3 Å². The molecule has 0 fully saturated rings. The number of aryl methyl sites for hydroxylation is 1. The summed E-state index contributed by atoms with van der Waals surface area (Å²) in [6.07, 6.45) is 0.266. The number of aromatic nitrogens is 1. The topological polar surface area (TPSA) is 153 Å². The van der Waals surface area contributed by atoms with Crippen LogP contribution >= 0.6 is 11.3 Å². The van der Waals surface area contributed by atoms with Gasteiger partial charge < -0.3 is 20.1 Å². The predicted molar refractivity (Wildman–Crippen MR) is 163 cm³/mol. The first-order valence-corrected chi connectivity index (χ1v) is 15.0. The van der Waals surface area contributed by atoms with E-state index in [0.717, 1.165) is 11.1 Å². The first kappa shape index (κ1) is 33.2. The first-order valence-electron chi connectivity index (χ1n) is 14.1. The van der Waals surface area contributed by atoms with Gasteiger partial charge in [-0.2, -0.15) is 0 Å². The number of hydrazine groups is 1. The third-order valence-electron chi connectivity index (χ3n) is 6.40. The second-order valence-electron chi connectivity index (χ2n) is 10.6. The zero-order valence-corrected chi connectivity index (χ0v) is 25.5. The minimum absolute atomic E-state index is 0.0277. The molecule has 0 radical (unpaired) electrons. The van der Waals surface area contributed by atoms with Crippen LogP contribution in [0.3, 0.4) is 0 Å². The fourth-order valence-corrected chi connectivity index (χ4v) is 4.81. The van der Waals surface area contributed by atoms with Crippen LogP contribution in [0.4, 0.5) is 9.59 Å². The molecule has 4 amide bonds. The standard InChI is InChI=1S/C31H39N5O6S/c1-21(2)16-25(35-31(40)42-19-24-12-8-5-9-13-24)28(37)36(32)29(38)26-20-43-27(34-26)15-14-22(3)17-33-30(39)41-18-23-10-6-4-7-11-23/h4-13,20-22,25H,14-19,32H2,1-3H3,(H,33,39)(H,35,40)/t22?,25-/m0/s1. The summed E-state index contributed by atoms with van der Waals surface area (Å²) in [5.74, 6) is 4.56. The van der Waals surface area contributed by atoms with Gasteiger partial charge in [0.05, 0.1) is 5.01 Å². The highest BCUT2D eigenvalue weighted by Crippen LogP contribution is 2.17. The van der Waals surface area contributed by atoms with Crippen molar-refractivity contribution in [3.05, 3.63) is 87.9 Å². The fraction of sp³-hybridized carbons (Fsp3) is 0.387. The van der Waals surface area contributed by atoms with Crippen LogP contribution in [0.15, 0.2) is 66.0 Å². The zero-order chi connectivity index (χ0) is 31.2. The summed E-state index contributed by atoms with van der Waals surface area (Å²) in [5, 5.41) is 8.04. The molecule has 3 aromatic rings. The Kier molecular flexibility index (Phi) is 13.1. The number of rotatable bonds is 14. The third-order valence-corrected chi connectivity index (χ3v) is 7.30. The molecule has 1 unspecified atom stereocenters. The van der Waals surface area contributed by atoms with Crippen LogP contribution in [-0.4, -0.2) is 46.6 Å². The van der Waals surface area contributed by atoms with Crippen LogP contribution in [0, 0.1) is 11.8 Å². The fourth-order valence-electron chi connectivity index (χ4n) is 4.02. The molecule has 0 bridgehead atoms. The highest BCUT2D eigenvalue weighted by atomic mass is 32.1. The predicted octanol–water partition coefficient (Wildman–Crippen LogP) is 4.82. The minimum atomic E-state index is -1.05. The molecule has 0 aliphatic carbocycles. The van der Waals surface area contributed by atoms with Gasteiger partial charge in [-0.05, 0) is 42.2 Å². The first-order chi connectivity index (χ1) is 20.6. The summed E-state index contributed by atoms with van der Waals surface area (Å²) in [6.45, 7) is 6.42. The van der Waals surface area contributed by atoms with E-state index >= 15 is 0 Å². The van der Waals surface area contributed by atoms with Gasteiger partial charge in [-0.25, -0.2) is 25.4 Å². The molecular weight excluding hydrogens is 570 g/mol. The van der Waals surface area contributed by atoms with Crippen molar-refractivity contribution in [3.63, 3.8) is 0 Å². The number of hydrogen-bond acceptors (Lipinski definition) is 9. The van der Waals surface area contributed by atoms with Crippen LogP contribution in [0.2, 0.25) is 0 Å². The molecule has 0 saturated carbocycles. The van der Waals surface area contributed by atoms with Crippen molar-refractivity contribution >= 4 is 35.3 Å². The number of nitrogens with two attached hydrogens (primary N) is 1. The summed E-state index contributed by atoms with van der Waals surface area (Å²) in [5.41, 5.74) is 1.75. The van der Waals surface area contributed by atoms with Crippen LogP contribution in [0.5, 0.6) is 0 Å². The van der Waals surface area contributed by atoms with Crippen molar-refractivity contribution in [3.8, 4) is 0 Å². The van der Waals surface area contributed by atoms with E-state index in [1.807, 2.05) is 81.4 Å². The smallest absolute Gasteiger partial charge is 0.408 e. The number of carbonyl (C=O) groups excluding carboxylic acids is 4. The average molecular weight is 610 g/mol. The maximum absolute atomic E-state index is 13.1. The van der Waals surface area contributed by atoms with Gasteiger partial charge in [-0.1, -0.05) is 81.4 Å². The van der Waals surface area contributed by atoms with E-state index < -0.39 is 30.0 Å². The molecule has 1 aromatic heterocycles. The third kappa shape index (κ3) is 11.5. The van der Waals surface area contributed by atoms with E-state index in [9.17, 15) is 19.2 Å². The van der Waals surface area contributed by atoms with E-state index in [0.29, 0.717) is 29.4 Å². The lowest BCUT2D eigenvalue weighted by Gasteiger charge is -2.23. The molecule has 12 heteroatoms. The minimum Gasteiger partial charge on any atom is -0.445 e. The SMILES string of the molecule is CC(C)C[C@H](NC(=O)OCc1ccccc1)C(=O)N(N)C(=O)c1csc(CCC(C)CNC(=O)OCc2ccccc2)n1. The zero-order valence-electron chi connectivity index (χ0n) is 24.7. The Bertz CT molecular complexity index is 1330. The number of ether oxygens (including phenoxy) is 2. The second-order valence-corrected chi connectivity index (χ2v) is 11.6. The normalized spacial score (nSPS) is 12.2. The molecule has 230 valence electrons. The monoisotopic (exact) mass is 609 g/mol. The molecular formula is C31H39N5O6S. The van der Waals surface area contributed by atoms with Gasteiger partial charge in [-0.3, -0.25) is 9.59 Å². The molecule has 4 N–H and O–H groups in total. The summed E-state index contributed by atoms with van der Waals surface area (Å²) in [7, 11) is 0. The van der Waals surface area contributed by atoms with Crippen molar-refractivity contribution < 1.29 is 28.7 Å². The highest BCUT2D eigenvalue weighted by Gasteiger charge is 2.31. The lowest BCUT2D eigenvalue weighted by Crippen LogP contribution is -2.54. The summed E-state index contributed by atoms with van der Waals surface area (Å²) in [6, 6.07) is 17.5. The summed E-state index contributed by atoms with van der Waals surface area (Å²) in [4.78, 5) is 54.9. The molecule has 0 aliphatic rings. The lowest BCUT2D eigenvalue weighted by molar-refractivity contribution is -0.131. The van der Waals surface area contributed by atoms with Crippen LogP contribution in [0.1, 0.15) is 60.2 Å². The van der Waals surface area contributed by atoms with E-state index in [4.69, 9.17) is 15.3 Å². The Labute approximate surface area is 255 Å². The molecule has 0 aliphatic heterocycles. The Morgan fingerprint density at radius 2 is 1.49 bits per heavy atom. The van der Waals surface area contributed by atoms with Crippen LogP contribution in [0.25, 0.3) is 0 Å². The molecule has 0 spiro atoms. The van der Waals surface area contributed by atoms with Crippen molar-refractivity contribution in [2.24, 2.45) is 17.7 Å². The molecule has 2 aromatic carbocycles. The van der Waals surface area contributed by atoms with E-state index in [1.54, 1.807) is 5.38 Å². The summed E-state index contributed by atoms with van der Waals surface area (Å²) >= 11 is 1.29. The van der Waals surface area contributed by atoms with Gasteiger partial charge in [0.2, 0.25) is 0 Å². The van der Waals surface area contributed by atoms with Crippen molar-refractivity contribution in [2.75, 3.05) is 6.54 Å². The van der Waals surface area contributed by atoms with Gasteiger partial charge in [0, 0.05) is 11.9 Å². The van der Waals surface area contributed by atoms with Crippen LogP contribution < -0.4 is 16.5 Å². The van der Waals surface area contributed by atoms with E-state index in [2.05, 4.69) is 15.6 Å². The molecule has 3 rings (SSSR count). The number of nitrogens with one attached hydrogen (secondary N) is 2. The quantitative estimate of drug-likeness (QED) is 0.134. The van der Waals surface area contributed by atoms with Gasteiger partial charge >= 0.3 is 12.2 Å². The maximum Gasteiger partial charge on any atom is 0.408 e. The van der Waals surface area contributed by atoms with Crippen molar-refractivity contribution in [1.82, 2.24) is 20.6 Å². The maximum atomic E-state index is 13.1. The molecule has 43 heavy (non-hydrogen) atoms. The number of thiazole rings is 1. The Morgan fingerprint density at radius 3 is 2.07 bits per heavy atom. The number of nitrogens with zero attached hydrogens (tertiary/aromatic N) is 2. The number of imide groups is 1. The Hall–Kier alpha value is -4.29. The van der Waals surface area contributed by atoms with Gasteiger partial charge in [-0.15, -0.1) is 11.3 Å². The number of benzene rings is 2. The highest BCUT2D eigenvalue weighted by molar-refractivity contribution is 7.09. The van der Waals surface area contributed by atoms with Gasteiger partial charge in [0.25, 0.3) is 11.8 Å². The van der Waals surface area contributed by atoms with E-state index in [-0.39, 0.29) is 37.2 Å².